The van der Waals surface area contributed by atoms with Gasteiger partial charge in [0, 0.05) is 37.8 Å². The first-order chi connectivity index (χ1) is 23.6. The molecule has 5 rings (SSSR count). The van der Waals surface area contributed by atoms with E-state index < -0.39 is 22.0 Å². The molecule has 2 fully saturated rings. The Morgan fingerprint density at radius 1 is 0.820 bits per heavy atom. The molecule has 50 heavy (non-hydrogen) atoms. The van der Waals surface area contributed by atoms with Crippen molar-refractivity contribution in [1.82, 2.24) is 0 Å². The van der Waals surface area contributed by atoms with Crippen molar-refractivity contribution in [3.05, 3.63) is 96.3 Å². The molecule has 1 saturated carbocycles. The molecule has 8 heteroatoms. The molecular formula is C42H61FO5Si2. The van der Waals surface area contributed by atoms with Crippen LogP contribution in [0.1, 0.15) is 79.2 Å². The zero-order valence-electron chi connectivity index (χ0n) is 31.7. The van der Waals surface area contributed by atoms with Gasteiger partial charge in [0.25, 0.3) is 8.32 Å². The third-order valence-electron chi connectivity index (χ3n) is 12.0. The average molecular weight is 721 g/mol. The molecule has 0 bridgehead atoms. The number of halogens is 1. The molecular weight excluding hydrogens is 660 g/mol. The van der Waals surface area contributed by atoms with Gasteiger partial charge < -0.3 is 23.4 Å². The second-order valence-corrected chi connectivity index (χ2v) is 26.3. The maximum atomic E-state index is 14.5. The van der Waals surface area contributed by atoms with Crippen molar-refractivity contribution in [2.45, 2.75) is 115 Å². The van der Waals surface area contributed by atoms with E-state index in [1.165, 1.54) is 10.4 Å². The van der Waals surface area contributed by atoms with Gasteiger partial charge >= 0.3 is 0 Å². The lowest BCUT2D eigenvalue weighted by Gasteiger charge is -2.45. The lowest BCUT2D eigenvalue weighted by Crippen LogP contribution is -2.67. The molecule has 1 saturated heterocycles. The van der Waals surface area contributed by atoms with Crippen molar-refractivity contribution in [3.8, 4) is 0 Å². The minimum absolute atomic E-state index is 0.0136. The summed E-state index contributed by atoms with van der Waals surface area (Å²) in [6, 6.07) is 28.5. The summed E-state index contributed by atoms with van der Waals surface area (Å²) in [6.45, 7) is 19.9. The van der Waals surface area contributed by atoms with Crippen LogP contribution in [0.15, 0.2) is 84.9 Å². The molecule has 1 N–H and O–H groups in total. The molecule has 5 atom stereocenters. The van der Waals surface area contributed by atoms with Gasteiger partial charge in [-0.25, -0.2) is 4.39 Å². The van der Waals surface area contributed by atoms with Gasteiger partial charge in [-0.3, -0.25) is 0 Å². The molecule has 3 unspecified atom stereocenters. The van der Waals surface area contributed by atoms with Gasteiger partial charge in [-0.1, -0.05) is 114 Å². The van der Waals surface area contributed by atoms with Crippen LogP contribution in [0.5, 0.6) is 0 Å². The number of aliphatic hydroxyl groups excluding tert-OH is 1. The fraction of sp³-hybridized carbons (Fsp3) is 0.571. The summed E-state index contributed by atoms with van der Waals surface area (Å²) in [7, 11) is -5.07. The largest absolute Gasteiger partial charge is 0.416 e. The van der Waals surface area contributed by atoms with Crippen LogP contribution >= 0.6 is 0 Å². The summed E-state index contributed by atoms with van der Waals surface area (Å²) in [6.07, 6.45) is 3.69. The molecule has 2 aliphatic rings. The highest BCUT2D eigenvalue weighted by molar-refractivity contribution is 6.99. The van der Waals surface area contributed by atoms with Gasteiger partial charge in [-0.15, -0.1) is 0 Å². The van der Waals surface area contributed by atoms with Crippen LogP contribution in [0.2, 0.25) is 23.2 Å². The first kappa shape index (κ1) is 39.0. The summed E-state index contributed by atoms with van der Waals surface area (Å²) in [5, 5.41) is 13.0. The van der Waals surface area contributed by atoms with Crippen LogP contribution in [0, 0.1) is 17.7 Å². The number of benzene rings is 3. The summed E-state index contributed by atoms with van der Waals surface area (Å²) in [5.41, 5.74) is 0.507. The first-order valence-electron chi connectivity index (χ1n) is 18.7. The van der Waals surface area contributed by atoms with Gasteiger partial charge in [-0.2, -0.15) is 0 Å². The molecule has 0 amide bonds. The maximum absolute atomic E-state index is 14.5. The Morgan fingerprint density at radius 3 is 1.92 bits per heavy atom. The zero-order chi connectivity index (χ0) is 36.2. The normalized spacial score (nSPS) is 25.2. The Morgan fingerprint density at radius 2 is 1.42 bits per heavy atom. The van der Waals surface area contributed by atoms with E-state index in [4.69, 9.17) is 18.3 Å². The quantitative estimate of drug-likeness (QED) is 0.179. The van der Waals surface area contributed by atoms with Gasteiger partial charge in [0.05, 0.1) is 6.10 Å². The Balaban J connectivity index is 1.64. The minimum Gasteiger partial charge on any atom is -0.416 e. The third kappa shape index (κ3) is 8.07. The molecule has 1 aliphatic heterocycles. The van der Waals surface area contributed by atoms with Crippen LogP contribution < -0.4 is 10.4 Å². The fourth-order valence-electron chi connectivity index (χ4n) is 8.22. The summed E-state index contributed by atoms with van der Waals surface area (Å²) >= 11 is 0. The highest BCUT2D eigenvalue weighted by Crippen LogP contribution is 2.54. The van der Waals surface area contributed by atoms with Gasteiger partial charge in [0.1, 0.15) is 5.82 Å². The molecule has 1 aliphatic carbocycles. The Kier molecular flexibility index (Phi) is 12.4. The maximum Gasteiger partial charge on any atom is 0.261 e. The molecule has 274 valence electrons. The second-order valence-electron chi connectivity index (χ2n) is 17.1. The van der Waals surface area contributed by atoms with Crippen molar-refractivity contribution in [3.63, 3.8) is 0 Å². The van der Waals surface area contributed by atoms with Gasteiger partial charge in [0.2, 0.25) is 0 Å². The smallest absolute Gasteiger partial charge is 0.261 e. The molecule has 1 heterocycles. The van der Waals surface area contributed by atoms with Crippen molar-refractivity contribution >= 4 is 27.0 Å². The van der Waals surface area contributed by atoms with E-state index in [1.54, 1.807) is 12.1 Å². The zero-order valence-corrected chi connectivity index (χ0v) is 33.7. The summed E-state index contributed by atoms with van der Waals surface area (Å²) in [4.78, 5) is 0. The van der Waals surface area contributed by atoms with E-state index in [-0.39, 0.29) is 46.7 Å². The number of ether oxygens (including phenoxy) is 2. The molecule has 0 radical (unpaired) electrons. The van der Waals surface area contributed by atoms with E-state index in [1.807, 2.05) is 12.1 Å². The Bertz CT molecular complexity index is 1440. The standard InChI is InChI=1S/C42H61FO5Si2/c1-40(2,3)49(7,8)47-31-42(32-22-24-33(43)25-23-32)29-38(48-39-21-15-16-28-45-39)36(37(42)26-27-44)30-46-50(41(4,5)6,34-17-11-9-12-18-34)35-19-13-10-14-20-35/h9-14,17-20,22-25,36-39,44H,15-16,21,26-31H2,1-8H3/t36?,37-,38?,39?,42-/m0/s1. The highest BCUT2D eigenvalue weighted by Gasteiger charge is 2.58. The Labute approximate surface area is 303 Å². The monoisotopic (exact) mass is 720 g/mol. The minimum atomic E-state index is -2.88. The van der Waals surface area contributed by atoms with E-state index in [0.717, 1.165) is 24.8 Å². The lowest BCUT2D eigenvalue weighted by atomic mass is 9.70. The van der Waals surface area contributed by atoms with Crippen molar-refractivity contribution in [1.29, 1.82) is 0 Å². The summed E-state index contributed by atoms with van der Waals surface area (Å²) < 4.78 is 42.5. The fourth-order valence-corrected chi connectivity index (χ4v) is 13.9. The van der Waals surface area contributed by atoms with Crippen LogP contribution in [0.3, 0.4) is 0 Å². The van der Waals surface area contributed by atoms with Gasteiger partial charge in [0.15, 0.2) is 14.6 Å². The van der Waals surface area contributed by atoms with E-state index in [2.05, 4.69) is 115 Å². The lowest BCUT2D eigenvalue weighted by molar-refractivity contribution is -0.197. The molecule has 0 spiro atoms. The molecule has 3 aromatic rings. The van der Waals surface area contributed by atoms with Crippen LogP contribution in [-0.2, 0) is 23.7 Å². The number of aliphatic hydroxyl groups is 1. The van der Waals surface area contributed by atoms with Crippen LogP contribution in [-0.4, -0.2) is 60.6 Å². The van der Waals surface area contributed by atoms with Crippen LogP contribution in [0.4, 0.5) is 4.39 Å². The second kappa shape index (κ2) is 15.8. The van der Waals surface area contributed by atoms with E-state index >= 15 is 0 Å². The number of hydrogen-bond acceptors (Lipinski definition) is 5. The summed E-state index contributed by atoms with van der Waals surface area (Å²) in [5.74, 6) is -0.377. The van der Waals surface area contributed by atoms with Crippen LogP contribution in [0.25, 0.3) is 0 Å². The third-order valence-corrected chi connectivity index (χ3v) is 21.5. The van der Waals surface area contributed by atoms with E-state index in [0.29, 0.717) is 32.7 Å². The van der Waals surface area contributed by atoms with Crippen molar-refractivity contribution in [2.75, 3.05) is 26.4 Å². The number of rotatable bonds is 13. The first-order valence-corrected chi connectivity index (χ1v) is 23.5. The average Bonchev–Trinajstić information content (AvgIpc) is 3.37. The topological polar surface area (TPSA) is 57.2 Å². The Hall–Kier alpha value is -2.18. The van der Waals surface area contributed by atoms with Gasteiger partial charge in [-0.05, 0) is 89.3 Å². The number of hydrogen-bond donors (Lipinski definition) is 1. The SMILES string of the molecule is CC(C)(C)[Si](C)(C)OC[C@]1(c2ccc(F)cc2)CC(OC2CCCCO2)C(CO[Si](c2ccccc2)(c2ccccc2)C(C)(C)C)[C@@H]1CCO. The molecule has 5 nitrogen and oxygen atoms in total. The molecule has 3 aromatic carbocycles. The predicted octanol–water partition coefficient (Wildman–Crippen LogP) is 8.59. The highest BCUT2D eigenvalue weighted by atomic mass is 28.4. The predicted molar refractivity (Wildman–Crippen MR) is 207 cm³/mol. The van der Waals surface area contributed by atoms with E-state index in [9.17, 15) is 9.50 Å². The van der Waals surface area contributed by atoms with Crippen molar-refractivity contribution in [2.24, 2.45) is 11.8 Å². The van der Waals surface area contributed by atoms with Crippen molar-refractivity contribution < 1.29 is 27.8 Å². The molecule has 0 aromatic heterocycles.